The number of nitrogens with zero attached hydrogens (tertiary/aromatic N) is 3. The summed E-state index contributed by atoms with van der Waals surface area (Å²) in [5.74, 6) is 0.333. The van der Waals surface area contributed by atoms with E-state index in [1.165, 1.54) is 34.6 Å². The monoisotopic (exact) mass is 507 g/mol. The molecule has 2 heterocycles. The third kappa shape index (κ3) is 7.06. The van der Waals surface area contributed by atoms with Crippen LogP contribution in [0.3, 0.4) is 0 Å². The lowest BCUT2D eigenvalue weighted by atomic mass is 9.96. The number of nitrogens with one attached hydrogen (secondary N) is 2. The Morgan fingerprint density at radius 1 is 1.11 bits per heavy atom. The molecule has 2 aliphatic rings. The van der Waals surface area contributed by atoms with Crippen molar-refractivity contribution in [2.45, 2.75) is 93.9 Å². The summed E-state index contributed by atoms with van der Waals surface area (Å²) >= 11 is 0. The second-order valence-corrected chi connectivity index (χ2v) is 9.96. The minimum atomic E-state index is -0.256. The zero-order valence-electron chi connectivity index (χ0n) is 24.1. The molecule has 5 nitrogen and oxygen atoms in total. The second kappa shape index (κ2) is 13.5. The first-order valence-electron chi connectivity index (χ1n) is 13.9. The molecule has 0 unspecified atom stereocenters. The number of halogens is 1. The number of rotatable bonds is 4. The van der Waals surface area contributed by atoms with E-state index in [0.717, 1.165) is 43.2 Å². The minimum Gasteiger partial charge on any atom is -0.325 e. The molecule has 6 heteroatoms. The molecule has 1 aliphatic heterocycles. The molecule has 0 radical (unpaired) electrons. The first-order chi connectivity index (χ1) is 17.8. The van der Waals surface area contributed by atoms with Gasteiger partial charge in [0, 0.05) is 17.6 Å². The van der Waals surface area contributed by atoms with Gasteiger partial charge in [0.2, 0.25) is 5.62 Å². The van der Waals surface area contributed by atoms with E-state index < -0.39 is 0 Å². The van der Waals surface area contributed by atoms with E-state index in [2.05, 4.69) is 42.8 Å². The van der Waals surface area contributed by atoms with Crippen molar-refractivity contribution in [1.29, 1.82) is 10.8 Å². The summed E-state index contributed by atoms with van der Waals surface area (Å²) in [5.41, 5.74) is 5.57. The fourth-order valence-electron chi connectivity index (χ4n) is 4.38. The summed E-state index contributed by atoms with van der Waals surface area (Å²) in [7, 11) is 0. The zero-order chi connectivity index (χ0) is 27.8. The molecule has 202 valence electrons. The zero-order valence-corrected chi connectivity index (χ0v) is 24.1. The molecule has 0 saturated heterocycles. The van der Waals surface area contributed by atoms with Crippen LogP contribution in [0.15, 0.2) is 30.3 Å². The van der Waals surface area contributed by atoms with Crippen molar-refractivity contribution < 1.29 is 4.39 Å². The van der Waals surface area contributed by atoms with Crippen LogP contribution in [0.5, 0.6) is 0 Å². The van der Waals surface area contributed by atoms with Gasteiger partial charge in [-0.1, -0.05) is 67.0 Å². The van der Waals surface area contributed by atoms with E-state index >= 15 is 0 Å². The van der Waals surface area contributed by atoms with Gasteiger partial charge in [-0.05, 0) is 79.3 Å². The van der Waals surface area contributed by atoms with Crippen LogP contribution in [-0.2, 0) is 12.8 Å². The molecule has 1 aliphatic carbocycles. The second-order valence-electron chi connectivity index (χ2n) is 9.96. The van der Waals surface area contributed by atoms with Crippen LogP contribution >= 0.6 is 0 Å². The summed E-state index contributed by atoms with van der Waals surface area (Å²) < 4.78 is 16.2. The molecule has 0 bridgehead atoms. The Morgan fingerprint density at radius 2 is 1.76 bits per heavy atom. The fourth-order valence-corrected chi connectivity index (χ4v) is 4.38. The summed E-state index contributed by atoms with van der Waals surface area (Å²) in [5, 5.41) is 16.7. The minimum absolute atomic E-state index is 0.0219. The summed E-state index contributed by atoms with van der Waals surface area (Å²) in [6.45, 7) is 17.5. The standard InChI is InChI=1S/C22H24FN5.C5H10.2C2H6/c1-3-6-15-11-20-17(12-18(15)23)21(26-22(25)28(20)13-24)27-10-5-8-16-14(2)7-4-9-19(16)27;1-5(2)3-4-5;2*1-2/h4,7,9,11-13,24-25H,3,5-6,8,10H2,1-2H3;3-4H2,1-2H3;2*1-2H3. The maximum Gasteiger partial charge on any atom is 0.229 e. The third-order valence-electron chi connectivity index (χ3n) is 6.74. The Bertz CT molecular complexity index is 1250. The lowest BCUT2D eigenvalue weighted by Crippen LogP contribution is -2.31. The molecule has 5 rings (SSSR count). The van der Waals surface area contributed by atoms with Gasteiger partial charge in [-0.2, -0.15) is 4.98 Å². The molecular formula is C31H46FN5. The Labute approximate surface area is 222 Å². The van der Waals surface area contributed by atoms with Crippen LogP contribution in [0.2, 0.25) is 0 Å². The summed E-state index contributed by atoms with van der Waals surface area (Å²) in [6.07, 6.45) is 7.41. The molecule has 1 aromatic heterocycles. The SMILES string of the molecule is CC.CC.CC1(C)CC1.CCCc1cc2c(cc1F)c(N1CCCc3c(C)cccc31)nc(=N)n2C=N. The lowest BCUT2D eigenvalue weighted by molar-refractivity contribution is 0.609. The van der Waals surface area contributed by atoms with Crippen molar-refractivity contribution in [3.05, 3.63) is 58.5 Å². The number of benzene rings is 2. The van der Waals surface area contributed by atoms with Gasteiger partial charge in [-0.3, -0.25) is 15.4 Å². The molecule has 0 spiro atoms. The highest BCUT2D eigenvalue weighted by Crippen LogP contribution is 2.43. The Hall–Kier alpha value is -3.02. The van der Waals surface area contributed by atoms with Gasteiger partial charge < -0.3 is 4.90 Å². The van der Waals surface area contributed by atoms with Crippen LogP contribution in [0, 0.1) is 29.0 Å². The van der Waals surface area contributed by atoms with Gasteiger partial charge in [0.1, 0.15) is 11.6 Å². The highest BCUT2D eigenvalue weighted by atomic mass is 19.1. The predicted octanol–water partition coefficient (Wildman–Crippen LogP) is 8.31. The quantitative estimate of drug-likeness (QED) is 0.275. The molecule has 1 saturated carbocycles. The van der Waals surface area contributed by atoms with Crippen molar-refractivity contribution in [1.82, 2.24) is 9.55 Å². The fraction of sp³-hybridized carbons (Fsp3) is 0.516. The number of anilines is 2. The van der Waals surface area contributed by atoms with Gasteiger partial charge in [0.15, 0.2) is 0 Å². The Kier molecular flexibility index (Phi) is 11.0. The average Bonchev–Trinajstić information content (AvgIpc) is 3.61. The molecule has 3 aromatic rings. The van der Waals surface area contributed by atoms with Gasteiger partial charge in [-0.15, -0.1) is 0 Å². The Morgan fingerprint density at radius 3 is 2.32 bits per heavy atom. The van der Waals surface area contributed by atoms with Gasteiger partial charge >= 0.3 is 0 Å². The van der Waals surface area contributed by atoms with Crippen molar-refractivity contribution >= 4 is 28.7 Å². The molecule has 0 atom stereocenters. The summed E-state index contributed by atoms with van der Waals surface area (Å²) in [6, 6.07) is 9.49. The van der Waals surface area contributed by atoms with E-state index in [4.69, 9.17) is 10.8 Å². The number of aryl methyl sites for hydroxylation is 2. The van der Waals surface area contributed by atoms with E-state index in [-0.39, 0.29) is 11.4 Å². The van der Waals surface area contributed by atoms with Crippen molar-refractivity contribution in [2.75, 3.05) is 11.4 Å². The van der Waals surface area contributed by atoms with E-state index in [9.17, 15) is 4.39 Å². The topological polar surface area (TPSA) is 68.8 Å². The van der Waals surface area contributed by atoms with Gasteiger partial charge in [0.25, 0.3) is 0 Å². The number of hydrogen-bond donors (Lipinski definition) is 2. The molecule has 0 amide bonds. The highest BCUT2D eigenvalue weighted by molar-refractivity contribution is 5.95. The van der Waals surface area contributed by atoms with Crippen LogP contribution in [-0.4, -0.2) is 22.4 Å². The normalized spacial score (nSPS) is 14.7. The maximum absolute atomic E-state index is 14.8. The van der Waals surface area contributed by atoms with E-state index in [0.29, 0.717) is 28.7 Å². The molecule has 2 aromatic carbocycles. The van der Waals surface area contributed by atoms with Gasteiger partial charge in [-0.25, -0.2) is 4.39 Å². The van der Waals surface area contributed by atoms with Gasteiger partial charge in [0.05, 0.1) is 11.9 Å². The average molecular weight is 508 g/mol. The van der Waals surface area contributed by atoms with Crippen LogP contribution < -0.4 is 10.5 Å². The molecule has 2 N–H and O–H groups in total. The predicted molar refractivity (Wildman–Crippen MR) is 156 cm³/mol. The molecular weight excluding hydrogens is 461 g/mol. The lowest BCUT2D eigenvalue weighted by Gasteiger charge is -2.32. The van der Waals surface area contributed by atoms with Crippen LogP contribution in [0.25, 0.3) is 10.9 Å². The third-order valence-corrected chi connectivity index (χ3v) is 6.74. The first-order valence-corrected chi connectivity index (χ1v) is 13.9. The first kappa shape index (κ1) is 30.2. The van der Waals surface area contributed by atoms with Crippen LogP contribution in [0.4, 0.5) is 15.9 Å². The largest absolute Gasteiger partial charge is 0.325 e. The number of hydrogen-bond acceptors (Lipinski definition) is 4. The number of aromatic nitrogens is 2. The number of fused-ring (bicyclic) bond motifs is 2. The molecule has 1 fully saturated rings. The smallest absolute Gasteiger partial charge is 0.229 e. The van der Waals surface area contributed by atoms with Crippen molar-refractivity contribution in [2.24, 2.45) is 5.41 Å². The highest BCUT2D eigenvalue weighted by Gasteiger charge is 2.30. The van der Waals surface area contributed by atoms with Crippen LogP contribution in [0.1, 0.15) is 90.8 Å². The maximum atomic E-state index is 14.8. The van der Waals surface area contributed by atoms with Crippen molar-refractivity contribution in [3.8, 4) is 0 Å². The van der Waals surface area contributed by atoms with Crippen molar-refractivity contribution in [3.63, 3.8) is 0 Å². The summed E-state index contributed by atoms with van der Waals surface area (Å²) in [4.78, 5) is 6.58. The van der Waals surface area contributed by atoms with E-state index in [1.54, 1.807) is 6.07 Å². The van der Waals surface area contributed by atoms with E-state index in [1.807, 2.05) is 40.7 Å². The molecule has 37 heavy (non-hydrogen) atoms. The Balaban J connectivity index is 0.000000463.